The molecule has 1 aromatic carbocycles. The highest BCUT2D eigenvalue weighted by Gasteiger charge is 2.23. The van der Waals surface area contributed by atoms with Crippen LogP contribution in [0.25, 0.3) is 0 Å². The van der Waals surface area contributed by atoms with E-state index in [1.165, 1.54) is 0 Å². The summed E-state index contributed by atoms with van der Waals surface area (Å²) in [7, 11) is 1.56. The van der Waals surface area contributed by atoms with Gasteiger partial charge in [0, 0.05) is 6.54 Å². The molecule has 0 aliphatic carbocycles. The van der Waals surface area contributed by atoms with E-state index in [1.807, 2.05) is 13.0 Å². The van der Waals surface area contributed by atoms with Gasteiger partial charge in [0.2, 0.25) is 6.79 Å². The first-order valence-electron chi connectivity index (χ1n) is 6.42. The molecule has 6 heteroatoms. The SMILES string of the molecule is CCn1ncc(OC)c1C(O)c1ccc2c(c1)OCO2. The average Bonchev–Trinajstić information content (AvgIpc) is 3.11. The minimum atomic E-state index is -0.832. The number of benzene rings is 1. The maximum Gasteiger partial charge on any atom is 0.231 e. The first-order valence-corrected chi connectivity index (χ1v) is 6.42. The molecular formula is C14H16N2O4. The molecular weight excluding hydrogens is 260 g/mol. The molecule has 20 heavy (non-hydrogen) atoms. The van der Waals surface area contributed by atoms with Crippen molar-refractivity contribution in [3.05, 3.63) is 35.7 Å². The Bertz CT molecular complexity index is 602. The lowest BCUT2D eigenvalue weighted by Gasteiger charge is -2.15. The zero-order valence-electron chi connectivity index (χ0n) is 11.4. The summed E-state index contributed by atoms with van der Waals surface area (Å²) in [6.07, 6.45) is 0.775. The first-order chi connectivity index (χ1) is 9.74. The average molecular weight is 276 g/mol. The van der Waals surface area contributed by atoms with Crippen LogP contribution in [0, 0.1) is 0 Å². The molecule has 0 fully saturated rings. The number of rotatable bonds is 4. The Morgan fingerprint density at radius 2 is 2.20 bits per heavy atom. The lowest BCUT2D eigenvalue weighted by Crippen LogP contribution is -2.10. The molecule has 1 aliphatic rings. The van der Waals surface area contributed by atoms with Crippen molar-refractivity contribution >= 4 is 0 Å². The van der Waals surface area contributed by atoms with Gasteiger partial charge >= 0.3 is 0 Å². The van der Waals surface area contributed by atoms with E-state index < -0.39 is 6.10 Å². The Kier molecular flexibility index (Phi) is 3.23. The quantitative estimate of drug-likeness (QED) is 0.921. The second-order valence-corrected chi connectivity index (χ2v) is 4.43. The molecule has 1 aromatic heterocycles. The van der Waals surface area contributed by atoms with Gasteiger partial charge in [-0.15, -0.1) is 0 Å². The lowest BCUT2D eigenvalue weighted by molar-refractivity contribution is 0.173. The first kappa shape index (κ1) is 12.8. The molecule has 0 saturated heterocycles. The highest BCUT2D eigenvalue weighted by molar-refractivity contribution is 5.47. The van der Waals surface area contributed by atoms with Crippen LogP contribution in [0.3, 0.4) is 0 Å². The second kappa shape index (κ2) is 5.05. The van der Waals surface area contributed by atoms with Crippen LogP contribution in [-0.4, -0.2) is 28.8 Å². The maximum atomic E-state index is 10.6. The van der Waals surface area contributed by atoms with Gasteiger partial charge in [0.15, 0.2) is 17.2 Å². The number of methoxy groups -OCH3 is 1. The predicted octanol–water partition coefficient (Wildman–Crippen LogP) is 1.72. The van der Waals surface area contributed by atoms with Crippen molar-refractivity contribution < 1.29 is 19.3 Å². The largest absolute Gasteiger partial charge is 0.493 e. The summed E-state index contributed by atoms with van der Waals surface area (Å²) in [5, 5.41) is 14.8. The number of hydrogen-bond acceptors (Lipinski definition) is 5. The summed E-state index contributed by atoms with van der Waals surface area (Å²) < 4.78 is 17.6. The van der Waals surface area contributed by atoms with Crippen LogP contribution in [-0.2, 0) is 6.54 Å². The fourth-order valence-corrected chi connectivity index (χ4v) is 2.30. The van der Waals surface area contributed by atoms with Crippen LogP contribution < -0.4 is 14.2 Å². The Hall–Kier alpha value is -2.21. The van der Waals surface area contributed by atoms with Crippen LogP contribution in [0.5, 0.6) is 17.2 Å². The van der Waals surface area contributed by atoms with Crippen LogP contribution >= 0.6 is 0 Å². The molecule has 0 bridgehead atoms. The summed E-state index contributed by atoms with van der Waals surface area (Å²) in [6, 6.07) is 5.38. The summed E-state index contributed by atoms with van der Waals surface area (Å²) >= 11 is 0. The fraction of sp³-hybridized carbons (Fsp3) is 0.357. The van der Waals surface area contributed by atoms with Crippen LogP contribution in [0.15, 0.2) is 24.4 Å². The van der Waals surface area contributed by atoms with Crippen molar-refractivity contribution in [1.29, 1.82) is 0 Å². The normalized spacial score (nSPS) is 14.3. The van der Waals surface area contributed by atoms with Crippen LogP contribution in [0.4, 0.5) is 0 Å². The van der Waals surface area contributed by atoms with Crippen molar-refractivity contribution in [2.45, 2.75) is 19.6 Å². The lowest BCUT2D eigenvalue weighted by atomic mass is 10.1. The van der Waals surface area contributed by atoms with E-state index in [2.05, 4.69) is 5.10 Å². The van der Waals surface area contributed by atoms with Crippen LogP contribution in [0.1, 0.15) is 24.3 Å². The number of aromatic nitrogens is 2. The van der Waals surface area contributed by atoms with E-state index >= 15 is 0 Å². The van der Waals surface area contributed by atoms with Gasteiger partial charge in [0.05, 0.1) is 13.3 Å². The Labute approximate surface area is 116 Å². The Morgan fingerprint density at radius 1 is 1.40 bits per heavy atom. The molecule has 1 atom stereocenters. The van der Waals surface area contributed by atoms with E-state index in [9.17, 15) is 5.11 Å². The maximum absolute atomic E-state index is 10.6. The molecule has 0 radical (unpaired) electrons. The topological polar surface area (TPSA) is 65.7 Å². The van der Waals surface area contributed by atoms with E-state index in [-0.39, 0.29) is 6.79 Å². The van der Waals surface area contributed by atoms with Gasteiger partial charge in [-0.05, 0) is 24.6 Å². The number of fused-ring (bicyclic) bond motifs is 1. The highest BCUT2D eigenvalue weighted by Crippen LogP contribution is 2.37. The van der Waals surface area contributed by atoms with E-state index in [0.29, 0.717) is 35.1 Å². The summed E-state index contributed by atoms with van der Waals surface area (Å²) in [5.74, 6) is 1.90. The molecule has 0 spiro atoms. The van der Waals surface area contributed by atoms with Gasteiger partial charge in [-0.2, -0.15) is 5.10 Å². The summed E-state index contributed by atoms with van der Waals surface area (Å²) in [5.41, 5.74) is 1.34. The zero-order valence-corrected chi connectivity index (χ0v) is 11.4. The Morgan fingerprint density at radius 3 is 2.95 bits per heavy atom. The van der Waals surface area contributed by atoms with Gasteiger partial charge in [-0.25, -0.2) is 0 Å². The number of hydrogen-bond donors (Lipinski definition) is 1. The van der Waals surface area contributed by atoms with Gasteiger partial charge in [0.25, 0.3) is 0 Å². The van der Waals surface area contributed by atoms with E-state index in [1.54, 1.807) is 30.1 Å². The third-order valence-electron chi connectivity index (χ3n) is 3.34. The molecule has 0 amide bonds. The molecule has 3 rings (SSSR count). The third kappa shape index (κ3) is 1.98. The van der Waals surface area contributed by atoms with Crippen molar-refractivity contribution in [3.63, 3.8) is 0 Å². The summed E-state index contributed by atoms with van der Waals surface area (Å²) in [6.45, 7) is 2.83. The van der Waals surface area contributed by atoms with Crippen molar-refractivity contribution in [1.82, 2.24) is 9.78 Å². The number of aryl methyl sites for hydroxylation is 1. The van der Waals surface area contributed by atoms with Crippen LogP contribution in [0.2, 0.25) is 0 Å². The molecule has 1 aliphatic heterocycles. The number of aliphatic hydroxyl groups is 1. The zero-order chi connectivity index (χ0) is 14.1. The third-order valence-corrected chi connectivity index (χ3v) is 3.34. The molecule has 6 nitrogen and oxygen atoms in total. The molecule has 0 saturated carbocycles. The molecule has 106 valence electrons. The highest BCUT2D eigenvalue weighted by atomic mass is 16.7. The molecule has 1 unspecified atom stereocenters. The second-order valence-electron chi connectivity index (χ2n) is 4.43. The number of aliphatic hydroxyl groups excluding tert-OH is 1. The molecule has 1 N–H and O–H groups in total. The number of ether oxygens (including phenoxy) is 3. The van der Waals surface area contributed by atoms with Crippen molar-refractivity contribution in [2.75, 3.05) is 13.9 Å². The van der Waals surface area contributed by atoms with E-state index in [4.69, 9.17) is 14.2 Å². The summed E-state index contributed by atoms with van der Waals surface area (Å²) in [4.78, 5) is 0. The van der Waals surface area contributed by atoms with Gasteiger partial charge in [0.1, 0.15) is 11.8 Å². The number of nitrogens with zero attached hydrogens (tertiary/aromatic N) is 2. The molecule has 2 heterocycles. The minimum absolute atomic E-state index is 0.213. The van der Waals surface area contributed by atoms with Crippen molar-refractivity contribution in [2.24, 2.45) is 0 Å². The van der Waals surface area contributed by atoms with E-state index in [0.717, 1.165) is 0 Å². The smallest absolute Gasteiger partial charge is 0.231 e. The van der Waals surface area contributed by atoms with Gasteiger partial charge in [-0.1, -0.05) is 6.07 Å². The van der Waals surface area contributed by atoms with Crippen molar-refractivity contribution in [3.8, 4) is 17.2 Å². The fourth-order valence-electron chi connectivity index (χ4n) is 2.30. The molecule has 2 aromatic rings. The monoisotopic (exact) mass is 276 g/mol. The van der Waals surface area contributed by atoms with Gasteiger partial charge in [-0.3, -0.25) is 4.68 Å². The minimum Gasteiger partial charge on any atom is -0.493 e. The van der Waals surface area contributed by atoms with Gasteiger partial charge < -0.3 is 19.3 Å². The predicted molar refractivity (Wildman–Crippen MR) is 71.1 cm³/mol. The Balaban J connectivity index is 2.00. The standard InChI is InChI=1S/C14H16N2O4/c1-3-16-13(12(18-2)7-15-16)14(17)9-4-5-10-11(6-9)20-8-19-10/h4-7,14,17H,3,8H2,1-2H3.